The van der Waals surface area contributed by atoms with Crippen LogP contribution in [-0.4, -0.2) is 25.8 Å². The molecule has 0 aromatic rings. The molecule has 1 saturated carbocycles. The number of hydrogen-bond donors (Lipinski definition) is 1. The van der Waals surface area contributed by atoms with Crippen molar-refractivity contribution in [1.29, 1.82) is 0 Å². The Balaban J connectivity index is 1.80. The zero-order valence-corrected chi connectivity index (χ0v) is 14.8. The molecule has 2 aliphatic rings. The summed E-state index contributed by atoms with van der Waals surface area (Å²) in [5, 5.41) is 3.71. The molecule has 0 aromatic carbocycles. The molecule has 2 nitrogen and oxygen atoms in total. The minimum absolute atomic E-state index is 0.551. The summed E-state index contributed by atoms with van der Waals surface area (Å²) in [5.41, 5.74) is 0.551. The Bertz CT molecular complexity index is 294. The predicted molar refractivity (Wildman–Crippen MR) is 90.5 cm³/mol. The molecular weight excluding hydrogens is 258 g/mol. The Morgan fingerprint density at radius 2 is 1.95 bits per heavy atom. The lowest BCUT2D eigenvalue weighted by Crippen LogP contribution is -2.37. The van der Waals surface area contributed by atoms with E-state index >= 15 is 0 Å². The van der Waals surface area contributed by atoms with Gasteiger partial charge >= 0.3 is 0 Å². The van der Waals surface area contributed by atoms with Crippen molar-refractivity contribution in [3.8, 4) is 0 Å². The number of ether oxygens (including phenoxy) is 1. The molecule has 0 radical (unpaired) electrons. The lowest BCUT2D eigenvalue weighted by Gasteiger charge is -2.41. The SMILES string of the molecule is CC(C)CNCC1CCC(C)(C)CC1CCC1CCCO1. The lowest BCUT2D eigenvalue weighted by atomic mass is 9.65. The van der Waals surface area contributed by atoms with Crippen LogP contribution >= 0.6 is 0 Å². The van der Waals surface area contributed by atoms with E-state index in [0.717, 1.165) is 24.4 Å². The van der Waals surface area contributed by atoms with Crippen molar-refractivity contribution in [2.24, 2.45) is 23.2 Å². The Morgan fingerprint density at radius 3 is 2.62 bits per heavy atom. The molecule has 1 heterocycles. The van der Waals surface area contributed by atoms with Gasteiger partial charge in [0.2, 0.25) is 0 Å². The molecule has 1 aliphatic heterocycles. The topological polar surface area (TPSA) is 21.3 Å². The van der Waals surface area contributed by atoms with Crippen LogP contribution in [0.1, 0.15) is 72.6 Å². The summed E-state index contributed by atoms with van der Waals surface area (Å²) < 4.78 is 5.83. The molecule has 3 atom stereocenters. The fraction of sp³-hybridized carbons (Fsp3) is 1.00. The third-order valence-corrected chi connectivity index (χ3v) is 5.52. The number of hydrogen-bond acceptors (Lipinski definition) is 2. The van der Waals surface area contributed by atoms with Crippen molar-refractivity contribution in [2.75, 3.05) is 19.7 Å². The average Bonchev–Trinajstić information content (AvgIpc) is 2.91. The van der Waals surface area contributed by atoms with Gasteiger partial charge in [0, 0.05) is 6.61 Å². The van der Waals surface area contributed by atoms with E-state index in [-0.39, 0.29) is 0 Å². The van der Waals surface area contributed by atoms with E-state index in [9.17, 15) is 0 Å². The minimum atomic E-state index is 0.551. The fourth-order valence-corrected chi connectivity index (χ4v) is 4.23. The number of rotatable bonds is 7. The highest BCUT2D eigenvalue weighted by molar-refractivity contribution is 4.86. The first-order valence-electron chi connectivity index (χ1n) is 9.28. The fourth-order valence-electron chi connectivity index (χ4n) is 4.23. The second-order valence-electron chi connectivity index (χ2n) is 8.69. The molecule has 21 heavy (non-hydrogen) atoms. The standard InChI is InChI=1S/C19H37NO/c1-15(2)13-20-14-17-9-10-19(3,4)12-16(17)7-8-18-6-5-11-21-18/h15-18,20H,5-14H2,1-4H3. The second-order valence-corrected chi connectivity index (χ2v) is 8.69. The van der Waals surface area contributed by atoms with Gasteiger partial charge in [0.1, 0.15) is 0 Å². The summed E-state index contributed by atoms with van der Waals surface area (Å²) in [6, 6.07) is 0. The summed E-state index contributed by atoms with van der Waals surface area (Å²) in [5.74, 6) is 2.55. The van der Waals surface area contributed by atoms with Crippen LogP contribution in [0, 0.1) is 23.2 Å². The highest BCUT2D eigenvalue weighted by Crippen LogP contribution is 2.44. The Kier molecular flexibility index (Phi) is 6.55. The van der Waals surface area contributed by atoms with Gasteiger partial charge in [0.15, 0.2) is 0 Å². The van der Waals surface area contributed by atoms with Crippen molar-refractivity contribution in [3.05, 3.63) is 0 Å². The molecule has 2 rings (SSSR count). The maximum Gasteiger partial charge on any atom is 0.0576 e. The van der Waals surface area contributed by atoms with Crippen LogP contribution in [0.25, 0.3) is 0 Å². The molecule has 124 valence electrons. The largest absolute Gasteiger partial charge is 0.378 e. The Morgan fingerprint density at radius 1 is 1.14 bits per heavy atom. The summed E-state index contributed by atoms with van der Waals surface area (Å²) in [4.78, 5) is 0. The molecule has 0 amide bonds. The van der Waals surface area contributed by atoms with Crippen LogP contribution in [0.3, 0.4) is 0 Å². The third kappa shape index (κ3) is 5.90. The zero-order chi connectivity index (χ0) is 15.3. The van der Waals surface area contributed by atoms with Crippen LogP contribution < -0.4 is 5.32 Å². The van der Waals surface area contributed by atoms with Crippen molar-refractivity contribution in [3.63, 3.8) is 0 Å². The molecule has 1 saturated heterocycles. The summed E-state index contributed by atoms with van der Waals surface area (Å²) in [6.07, 6.45) is 10.0. The first kappa shape index (κ1) is 17.3. The van der Waals surface area contributed by atoms with Crippen molar-refractivity contribution < 1.29 is 4.74 Å². The van der Waals surface area contributed by atoms with Gasteiger partial charge in [-0.2, -0.15) is 0 Å². The molecule has 2 fully saturated rings. The third-order valence-electron chi connectivity index (χ3n) is 5.52. The van der Waals surface area contributed by atoms with Gasteiger partial charge in [0.25, 0.3) is 0 Å². The van der Waals surface area contributed by atoms with E-state index in [2.05, 4.69) is 33.0 Å². The first-order valence-corrected chi connectivity index (χ1v) is 9.28. The molecular formula is C19H37NO. The predicted octanol–water partition coefficient (Wildman–Crippen LogP) is 4.63. The summed E-state index contributed by atoms with van der Waals surface area (Å²) in [7, 11) is 0. The molecule has 0 spiro atoms. The van der Waals surface area contributed by atoms with E-state index in [1.807, 2.05) is 0 Å². The van der Waals surface area contributed by atoms with E-state index < -0.39 is 0 Å². The Hall–Kier alpha value is -0.0800. The minimum Gasteiger partial charge on any atom is -0.378 e. The van der Waals surface area contributed by atoms with Crippen molar-refractivity contribution in [1.82, 2.24) is 5.32 Å². The average molecular weight is 296 g/mol. The van der Waals surface area contributed by atoms with Gasteiger partial charge in [-0.3, -0.25) is 0 Å². The molecule has 0 aromatic heterocycles. The molecule has 3 unspecified atom stereocenters. The molecule has 1 N–H and O–H groups in total. The lowest BCUT2D eigenvalue weighted by molar-refractivity contribution is 0.0700. The molecule has 0 bridgehead atoms. The van der Waals surface area contributed by atoms with Gasteiger partial charge in [-0.1, -0.05) is 27.7 Å². The maximum atomic E-state index is 5.83. The molecule has 1 aliphatic carbocycles. The first-order chi connectivity index (χ1) is 9.96. The number of nitrogens with one attached hydrogen (secondary N) is 1. The van der Waals surface area contributed by atoms with Crippen molar-refractivity contribution >= 4 is 0 Å². The van der Waals surface area contributed by atoms with Crippen LogP contribution in [0.5, 0.6) is 0 Å². The zero-order valence-electron chi connectivity index (χ0n) is 14.8. The van der Waals surface area contributed by atoms with E-state index in [1.165, 1.54) is 58.0 Å². The molecule has 2 heteroatoms. The van der Waals surface area contributed by atoms with Gasteiger partial charge in [0.05, 0.1) is 6.10 Å². The van der Waals surface area contributed by atoms with E-state index in [1.54, 1.807) is 0 Å². The normalized spacial score (nSPS) is 32.7. The van der Waals surface area contributed by atoms with Crippen LogP contribution in [-0.2, 0) is 4.74 Å². The van der Waals surface area contributed by atoms with Crippen LogP contribution in [0.15, 0.2) is 0 Å². The maximum absolute atomic E-state index is 5.83. The monoisotopic (exact) mass is 295 g/mol. The quantitative estimate of drug-likeness (QED) is 0.739. The van der Waals surface area contributed by atoms with Gasteiger partial charge in [-0.25, -0.2) is 0 Å². The van der Waals surface area contributed by atoms with E-state index in [0.29, 0.717) is 11.5 Å². The highest BCUT2D eigenvalue weighted by Gasteiger charge is 2.34. The van der Waals surface area contributed by atoms with Gasteiger partial charge in [-0.05, 0) is 81.2 Å². The van der Waals surface area contributed by atoms with Crippen LogP contribution in [0.2, 0.25) is 0 Å². The van der Waals surface area contributed by atoms with Crippen LogP contribution in [0.4, 0.5) is 0 Å². The summed E-state index contributed by atoms with van der Waals surface area (Å²) in [6.45, 7) is 12.9. The van der Waals surface area contributed by atoms with E-state index in [4.69, 9.17) is 4.74 Å². The summed E-state index contributed by atoms with van der Waals surface area (Å²) >= 11 is 0. The Labute approximate surface area is 132 Å². The second kappa shape index (κ2) is 7.97. The smallest absolute Gasteiger partial charge is 0.0576 e. The highest BCUT2D eigenvalue weighted by atomic mass is 16.5. The van der Waals surface area contributed by atoms with Crippen molar-refractivity contribution in [2.45, 2.75) is 78.7 Å². The van der Waals surface area contributed by atoms with Gasteiger partial charge in [-0.15, -0.1) is 0 Å². The van der Waals surface area contributed by atoms with Gasteiger partial charge < -0.3 is 10.1 Å².